The standard InChI is InChI=1S/C14H25BrN2O3S/c1-6-16-8-12-7-13(14(15)20-12)21(18,19)17(11(4)5)9-10(2)3/h7,10-11,16H,6,8-9H2,1-5H3. The molecule has 5 nitrogen and oxygen atoms in total. The fourth-order valence-corrected chi connectivity index (χ4v) is 4.74. The SMILES string of the molecule is CCNCc1cc(S(=O)(=O)N(CC(C)C)C(C)C)c(Br)o1. The minimum absolute atomic E-state index is 0.101. The molecule has 0 bridgehead atoms. The molecule has 0 amide bonds. The van der Waals surface area contributed by atoms with Crippen LogP contribution in [0, 0.1) is 5.92 Å². The monoisotopic (exact) mass is 380 g/mol. The van der Waals surface area contributed by atoms with Crippen LogP contribution in [0.15, 0.2) is 20.0 Å². The van der Waals surface area contributed by atoms with Crippen molar-refractivity contribution >= 4 is 26.0 Å². The summed E-state index contributed by atoms with van der Waals surface area (Å²) in [6.45, 7) is 11.6. The molecule has 7 heteroatoms. The highest BCUT2D eigenvalue weighted by Crippen LogP contribution is 2.30. The minimum atomic E-state index is -3.57. The second-order valence-corrected chi connectivity index (χ2v) is 8.27. The summed E-state index contributed by atoms with van der Waals surface area (Å²) >= 11 is 3.23. The predicted octanol–water partition coefficient (Wildman–Crippen LogP) is 3.21. The maximum atomic E-state index is 12.8. The summed E-state index contributed by atoms with van der Waals surface area (Å²) < 4.78 is 32.9. The Hall–Kier alpha value is -0.370. The van der Waals surface area contributed by atoms with E-state index in [0.29, 0.717) is 18.8 Å². The van der Waals surface area contributed by atoms with E-state index in [1.165, 1.54) is 4.31 Å². The zero-order valence-electron chi connectivity index (χ0n) is 13.3. The van der Waals surface area contributed by atoms with Crippen LogP contribution in [0.3, 0.4) is 0 Å². The molecular weight excluding hydrogens is 356 g/mol. The third kappa shape index (κ3) is 4.81. The number of nitrogens with zero attached hydrogens (tertiary/aromatic N) is 1. The lowest BCUT2D eigenvalue weighted by molar-refractivity contribution is 0.318. The number of hydrogen-bond acceptors (Lipinski definition) is 4. The second kappa shape index (κ2) is 7.76. The molecule has 1 rings (SSSR count). The molecule has 0 radical (unpaired) electrons. The van der Waals surface area contributed by atoms with Crippen LogP contribution in [0.2, 0.25) is 0 Å². The number of sulfonamides is 1. The van der Waals surface area contributed by atoms with E-state index in [4.69, 9.17) is 4.42 Å². The van der Waals surface area contributed by atoms with Gasteiger partial charge in [0.1, 0.15) is 10.7 Å². The van der Waals surface area contributed by atoms with Crippen LogP contribution in [0.1, 0.15) is 40.4 Å². The molecule has 122 valence electrons. The van der Waals surface area contributed by atoms with Gasteiger partial charge in [-0.15, -0.1) is 0 Å². The van der Waals surface area contributed by atoms with Crippen LogP contribution in [0.4, 0.5) is 0 Å². The molecule has 1 aromatic rings. The van der Waals surface area contributed by atoms with E-state index in [1.54, 1.807) is 6.07 Å². The number of rotatable bonds is 8. The van der Waals surface area contributed by atoms with E-state index < -0.39 is 10.0 Å². The van der Waals surface area contributed by atoms with Gasteiger partial charge in [0.05, 0.1) is 6.54 Å². The Balaban J connectivity index is 3.13. The lowest BCUT2D eigenvalue weighted by Crippen LogP contribution is -2.39. The Morgan fingerprint density at radius 3 is 2.43 bits per heavy atom. The normalized spacial score (nSPS) is 12.8. The van der Waals surface area contributed by atoms with Crippen molar-refractivity contribution in [1.82, 2.24) is 9.62 Å². The fraction of sp³-hybridized carbons (Fsp3) is 0.714. The lowest BCUT2D eigenvalue weighted by Gasteiger charge is -2.27. The minimum Gasteiger partial charge on any atom is -0.452 e. The molecule has 0 unspecified atom stereocenters. The smallest absolute Gasteiger partial charge is 0.247 e. The predicted molar refractivity (Wildman–Crippen MR) is 87.7 cm³/mol. The van der Waals surface area contributed by atoms with Gasteiger partial charge in [0.2, 0.25) is 10.0 Å². The molecule has 0 aliphatic rings. The van der Waals surface area contributed by atoms with Gasteiger partial charge in [-0.3, -0.25) is 0 Å². The summed E-state index contributed by atoms with van der Waals surface area (Å²) in [5, 5.41) is 3.12. The number of furan rings is 1. The molecule has 0 saturated heterocycles. The summed E-state index contributed by atoms with van der Waals surface area (Å²) in [6, 6.07) is 1.49. The summed E-state index contributed by atoms with van der Waals surface area (Å²) in [4.78, 5) is 0.199. The molecular formula is C14H25BrN2O3S. The van der Waals surface area contributed by atoms with Crippen LogP contribution < -0.4 is 5.32 Å². The molecule has 0 atom stereocenters. The molecule has 0 aliphatic heterocycles. The molecule has 0 spiro atoms. The van der Waals surface area contributed by atoms with Crippen LogP contribution >= 0.6 is 15.9 Å². The third-order valence-electron chi connectivity index (χ3n) is 2.96. The van der Waals surface area contributed by atoms with Gasteiger partial charge in [-0.2, -0.15) is 4.31 Å². The zero-order valence-corrected chi connectivity index (χ0v) is 15.7. The highest BCUT2D eigenvalue weighted by Gasteiger charge is 2.31. The van der Waals surface area contributed by atoms with Crippen LogP contribution in [-0.2, 0) is 16.6 Å². The summed E-state index contributed by atoms with van der Waals surface area (Å²) in [5.74, 6) is 0.865. The third-order valence-corrected chi connectivity index (χ3v) is 5.86. The number of nitrogens with one attached hydrogen (secondary N) is 1. The highest BCUT2D eigenvalue weighted by molar-refractivity contribution is 9.10. The van der Waals surface area contributed by atoms with Crippen molar-refractivity contribution in [3.05, 3.63) is 16.5 Å². The number of halogens is 1. The second-order valence-electron chi connectivity index (χ2n) is 5.69. The van der Waals surface area contributed by atoms with Crippen LogP contribution in [0.5, 0.6) is 0 Å². The Morgan fingerprint density at radius 1 is 1.33 bits per heavy atom. The Morgan fingerprint density at radius 2 is 1.95 bits per heavy atom. The van der Waals surface area contributed by atoms with E-state index in [-0.39, 0.29) is 21.5 Å². The van der Waals surface area contributed by atoms with Crippen molar-refractivity contribution in [2.24, 2.45) is 5.92 Å². The largest absolute Gasteiger partial charge is 0.452 e. The molecule has 1 heterocycles. The van der Waals surface area contributed by atoms with Gasteiger partial charge in [-0.25, -0.2) is 8.42 Å². The maximum Gasteiger partial charge on any atom is 0.247 e. The van der Waals surface area contributed by atoms with Crippen molar-refractivity contribution in [2.45, 2.75) is 52.1 Å². The van der Waals surface area contributed by atoms with Gasteiger partial charge < -0.3 is 9.73 Å². The van der Waals surface area contributed by atoms with Gasteiger partial charge >= 0.3 is 0 Å². The van der Waals surface area contributed by atoms with Crippen LogP contribution in [-0.4, -0.2) is 31.9 Å². The first-order valence-corrected chi connectivity index (χ1v) is 9.44. The average molecular weight is 381 g/mol. The highest BCUT2D eigenvalue weighted by atomic mass is 79.9. The Kier molecular flexibility index (Phi) is 6.90. The summed E-state index contributed by atoms with van der Waals surface area (Å²) in [5.41, 5.74) is 0. The van der Waals surface area contributed by atoms with E-state index in [2.05, 4.69) is 21.2 Å². The van der Waals surface area contributed by atoms with Crippen LogP contribution in [0.25, 0.3) is 0 Å². The van der Waals surface area contributed by atoms with Gasteiger partial charge in [0.25, 0.3) is 0 Å². The van der Waals surface area contributed by atoms with E-state index in [9.17, 15) is 8.42 Å². The maximum absolute atomic E-state index is 12.8. The van der Waals surface area contributed by atoms with E-state index >= 15 is 0 Å². The average Bonchev–Trinajstić information content (AvgIpc) is 2.74. The van der Waals surface area contributed by atoms with Crippen molar-refractivity contribution < 1.29 is 12.8 Å². The van der Waals surface area contributed by atoms with E-state index in [1.807, 2.05) is 34.6 Å². The van der Waals surface area contributed by atoms with Crippen molar-refractivity contribution in [2.75, 3.05) is 13.1 Å². The quantitative estimate of drug-likeness (QED) is 0.751. The topological polar surface area (TPSA) is 62.6 Å². The van der Waals surface area contributed by atoms with Crippen molar-refractivity contribution in [1.29, 1.82) is 0 Å². The first kappa shape index (κ1) is 18.7. The van der Waals surface area contributed by atoms with Gasteiger partial charge in [0, 0.05) is 18.7 Å². The molecule has 0 aromatic carbocycles. The molecule has 0 fully saturated rings. The fourth-order valence-electron chi connectivity index (χ4n) is 1.98. The Bertz CT molecular complexity index is 553. The van der Waals surface area contributed by atoms with E-state index in [0.717, 1.165) is 6.54 Å². The molecule has 21 heavy (non-hydrogen) atoms. The first-order chi connectivity index (χ1) is 9.70. The molecule has 0 saturated carbocycles. The van der Waals surface area contributed by atoms with Gasteiger partial charge in [0.15, 0.2) is 4.67 Å². The summed E-state index contributed by atoms with van der Waals surface area (Å²) in [7, 11) is -3.57. The molecule has 1 N–H and O–H groups in total. The zero-order chi connectivity index (χ0) is 16.2. The van der Waals surface area contributed by atoms with Crippen molar-refractivity contribution in [3.63, 3.8) is 0 Å². The van der Waals surface area contributed by atoms with Crippen molar-refractivity contribution in [3.8, 4) is 0 Å². The van der Waals surface area contributed by atoms with Gasteiger partial charge in [-0.1, -0.05) is 20.8 Å². The number of hydrogen-bond donors (Lipinski definition) is 1. The molecule has 1 aromatic heterocycles. The van der Waals surface area contributed by atoms with Gasteiger partial charge in [-0.05, 0) is 42.2 Å². The Labute approximate surface area is 136 Å². The molecule has 0 aliphatic carbocycles. The lowest BCUT2D eigenvalue weighted by atomic mass is 10.2. The summed E-state index contributed by atoms with van der Waals surface area (Å²) in [6.07, 6.45) is 0. The first-order valence-electron chi connectivity index (χ1n) is 7.20.